The molecule has 0 aliphatic carbocycles. The van der Waals surface area contributed by atoms with Crippen LogP contribution in [0.2, 0.25) is 0 Å². The molecule has 112 valence electrons. The van der Waals surface area contributed by atoms with Gasteiger partial charge in [0.1, 0.15) is 6.54 Å². The molecule has 0 bridgehead atoms. The van der Waals surface area contributed by atoms with Crippen LogP contribution >= 0.6 is 0 Å². The Labute approximate surface area is 120 Å². The molecule has 0 aromatic carbocycles. The van der Waals surface area contributed by atoms with Crippen LogP contribution in [0.3, 0.4) is 0 Å². The smallest absolute Gasteiger partial charge is 0.325 e. The molecule has 1 aromatic rings. The third-order valence-electron chi connectivity index (χ3n) is 2.50. The summed E-state index contributed by atoms with van der Waals surface area (Å²) in [6.07, 6.45) is 0.923. The fourth-order valence-corrected chi connectivity index (χ4v) is 1.71. The van der Waals surface area contributed by atoms with Gasteiger partial charge in [0.15, 0.2) is 0 Å². The Balaban J connectivity index is 2.99. The van der Waals surface area contributed by atoms with Gasteiger partial charge >= 0.3 is 5.97 Å². The van der Waals surface area contributed by atoms with Gasteiger partial charge in [-0.2, -0.15) is 4.98 Å². The molecule has 0 saturated heterocycles. The predicted octanol–water partition coefficient (Wildman–Crippen LogP) is 1.96. The summed E-state index contributed by atoms with van der Waals surface area (Å²) in [5.41, 5.74) is 0.802. The van der Waals surface area contributed by atoms with E-state index in [2.05, 4.69) is 9.97 Å². The number of nitrogens with zero attached hydrogens (tertiary/aromatic N) is 3. The molecule has 0 amide bonds. The van der Waals surface area contributed by atoms with Crippen molar-refractivity contribution >= 4 is 11.9 Å². The van der Waals surface area contributed by atoms with Gasteiger partial charge in [0.05, 0.1) is 13.2 Å². The van der Waals surface area contributed by atoms with Crippen LogP contribution in [0.5, 0.6) is 5.88 Å². The molecule has 0 spiro atoms. The molecule has 0 unspecified atom stereocenters. The third-order valence-corrected chi connectivity index (χ3v) is 2.50. The van der Waals surface area contributed by atoms with Gasteiger partial charge in [0, 0.05) is 18.3 Å². The minimum atomic E-state index is -0.310. The van der Waals surface area contributed by atoms with Crippen molar-refractivity contribution < 1.29 is 14.3 Å². The summed E-state index contributed by atoms with van der Waals surface area (Å²) in [6, 6.07) is 1.78. The molecule has 0 aliphatic heterocycles. The fraction of sp³-hybridized carbons (Fsp3) is 0.643. The highest BCUT2D eigenvalue weighted by Crippen LogP contribution is 2.17. The molecule has 0 aliphatic rings. The molecule has 1 rings (SSSR count). The summed E-state index contributed by atoms with van der Waals surface area (Å²) in [5, 5.41) is 0. The standard InChI is InChI=1S/C14H23N3O3/c1-6-7-17(9-13(18)19-5)14-15-11(4)8-12(16-14)20-10(2)3/h8,10H,6-7,9H2,1-5H3. The lowest BCUT2D eigenvalue weighted by Crippen LogP contribution is -2.33. The van der Waals surface area contributed by atoms with Gasteiger partial charge in [-0.1, -0.05) is 6.92 Å². The van der Waals surface area contributed by atoms with E-state index in [-0.39, 0.29) is 18.6 Å². The number of hydrogen-bond acceptors (Lipinski definition) is 6. The predicted molar refractivity (Wildman–Crippen MR) is 77.1 cm³/mol. The molecule has 1 aromatic heterocycles. The molecular formula is C14H23N3O3. The van der Waals surface area contributed by atoms with Crippen molar-refractivity contribution in [2.24, 2.45) is 0 Å². The van der Waals surface area contributed by atoms with Crippen molar-refractivity contribution in [2.75, 3.05) is 25.1 Å². The lowest BCUT2D eigenvalue weighted by Gasteiger charge is -2.21. The highest BCUT2D eigenvalue weighted by atomic mass is 16.5. The molecule has 0 radical (unpaired) electrons. The second kappa shape index (κ2) is 7.67. The Morgan fingerprint density at radius 2 is 2.10 bits per heavy atom. The number of carbonyl (C=O) groups excluding carboxylic acids is 1. The van der Waals surface area contributed by atoms with Crippen molar-refractivity contribution in [2.45, 2.75) is 40.2 Å². The minimum absolute atomic E-state index is 0.0392. The number of anilines is 1. The monoisotopic (exact) mass is 281 g/mol. The molecule has 0 fully saturated rings. The van der Waals surface area contributed by atoms with Crippen molar-refractivity contribution in [1.29, 1.82) is 0 Å². The highest BCUT2D eigenvalue weighted by Gasteiger charge is 2.15. The second-order valence-electron chi connectivity index (χ2n) is 4.81. The normalized spacial score (nSPS) is 10.5. The molecule has 1 heterocycles. The lowest BCUT2D eigenvalue weighted by atomic mass is 10.4. The fourth-order valence-electron chi connectivity index (χ4n) is 1.71. The first-order valence-electron chi connectivity index (χ1n) is 6.80. The van der Waals surface area contributed by atoms with Gasteiger partial charge in [-0.3, -0.25) is 4.79 Å². The number of esters is 1. The first-order valence-corrected chi connectivity index (χ1v) is 6.80. The Hall–Kier alpha value is -1.85. The highest BCUT2D eigenvalue weighted by molar-refractivity contribution is 5.74. The summed E-state index contributed by atoms with van der Waals surface area (Å²) in [7, 11) is 1.37. The van der Waals surface area contributed by atoms with E-state index < -0.39 is 0 Å². The van der Waals surface area contributed by atoms with Gasteiger partial charge in [0.25, 0.3) is 0 Å². The van der Waals surface area contributed by atoms with Crippen LogP contribution in [0, 0.1) is 6.92 Å². The van der Waals surface area contributed by atoms with Gasteiger partial charge in [-0.25, -0.2) is 4.98 Å². The summed E-state index contributed by atoms with van der Waals surface area (Å²) in [6.45, 7) is 8.60. The maximum Gasteiger partial charge on any atom is 0.325 e. The minimum Gasteiger partial charge on any atom is -0.475 e. The summed E-state index contributed by atoms with van der Waals surface area (Å²) in [4.78, 5) is 22.0. The molecule has 0 N–H and O–H groups in total. The molecule has 6 heteroatoms. The van der Waals surface area contributed by atoms with Crippen LogP contribution < -0.4 is 9.64 Å². The lowest BCUT2D eigenvalue weighted by molar-refractivity contribution is -0.139. The van der Waals surface area contributed by atoms with E-state index in [9.17, 15) is 4.79 Å². The third kappa shape index (κ3) is 5.03. The number of aryl methyl sites for hydroxylation is 1. The van der Waals surface area contributed by atoms with Crippen LogP contribution in [0.15, 0.2) is 6.07 Å². The van der Waals surface area contributed by atoms with E-state index in [1.165, 1.54) is 7.11 Å². The summed E-state index contributed by atoms with van der Waals surface area (Å²) >= 11 is 0. The van der Waals surface area contributed by atoms with Crippen LogP contribution in [0.4, 0.5) is 5.95 Å². The zero-order valence-corrected chi connectivity index (χ0v) is 12.8. The Morgan fingerprint density at radius 1 is 1.40 bits per heavy atom. The van der Waals surface area contributed by atoms with E-state index in [1.54, 1.807) is 11.0 Å². The number of methoxy groups -OCH3 is 1. The van der Waals surface area contributed by atoms with Crippen molar-refractivity contribution in [3.63, 3.8) is 0 Å². The quantitative estimate of drug-likeness (QED) is 0.712. The van der Waals surface area contributed by atoms with E-state index in [4.69, 9.17) is 9.47 Å². The van der Waals surface area contributed by atoms with E-state index in [0.29, 0.717) is 18.4 Å². The zero-order chi connectivity index (χ0) is 15.1. The van der Waals surface area contributed by atoms with Crippen LogP contribution in [0.1, 0.15) is 32.9 Å². The molecular weight excluding hydrogens is 258 g/mol. The molecule has 20 heavy (non-hydrogen) atoms. The topological polar surface area (TPSA) is 64.6 Å². The first-order chi connectivity index (χ1) is 9.46. The number of aromatic nitrogens is 2. The molecule has 0 atom stereocenters. The van der Waals surface area contributed by atoms with Gasteiger partial charge < -0.3 is 14.4 Å². The van der Waals surface area contributed by atoms with Gasteiger partial charge in [-0.05, 0) is 27.2 Å². The summed E-state index contributed by atoms with van der Waals surface area (Å²) < 4.78 is 10.3. The first kappa shape index (κ1) is 16.2. The average Bonchev–Trinajstić information content (AvgIpc) is 2.36. The van der Waals surface area contributed by atoms with E-state index in [0.717, 1.165) is 12.1 Å². The number of hydrogen-bond donors (Lipinski definition) is 0. The SMILES string of the molecule is CCCN(CC(=O)OC)c1nc(C)cc(OC(C)C)n1. The molecule has 0 saturated carbocycles. The van der Waals surface area contributed by atoms with Crippen molar-refractivity contribution in [3.05, 3.63) is 11.8 Å². The summed E-state index contributed by atoms with van der Waals surface area (Å²) in [5.74, 6) is 0.705. The maximum absolute atomic E-state index is 11.5. The van der Waals surface area contributed by atoms with Gasteiger partial charge in [0.2, 0.25) is 11.8 Å². The Kier molecular flexibility index (Phi) is 6.21. The largest absolute Gasteiger partial charge is 0.475 e. The van der Waals surface area contributed by atoms with Crippen molar-refractivity contribution in [3.8, 4) is 5.88 Å². The Morgan fingerprint density at radius 3 is 2.65 bits per heavy atom. The molecule has 6 nitrogen and oxygen atoms in total. The second-order valence-corrected chi connectivity index (χ2v) is 4.81. The van der Waals surface area contributed by atoms with E-state index >= 15 is 0 Å². The van der Waals surface area contributed by atoms with E-state index in [1.807, 2.05) is 27.7 Å². The average molecular weight is 281 g/mol. The zero-order valence-electron chi connectivity index (χ0n) is 12.8. The maximum atomic E-state index is 11.5. The number of ether oxygens (including phenoxy) is 2. The number of rotatable bonds is 7. The Bertz CT molecular complexity index is 449. The van der Waals surface area contributed by atoms with Crippen LogP contribution in [-0.4, -0.2) is 42.2 Å². The van der Waals surface area contributed by atoms with Crippen LogP contribution in [-0.2, 0) is 9.53 Å². The van der Waals surface area contributed by atoms with Crippen molar-refractivity contribution in [1.82, 2.24) is 9.97 Å². The number of carbonyl (C=O) groups is 1. The van der Waals surface area contributed by atoms with Crippen LogP contribution in [0.25, 0.3) is 0 Å². The van der Waals surface area contributed by atoms with Gasteiger partial charge in [-0.15, -0.1) is 0 Å².